The normalized spacial score (nSPS) is 10.9. The van der Waals surface area contributed by atoms with Crippen LogP contribution in [0.1, 0.15) is 26.4 Å². The predicted octanol–water partition coefficient (Wildman–Crippen LogP) is 3.70. The SMILES string of the molecule is Cc1cccc2[nH]cc(C(=O)COC(=O)c3cn(-c4ccccc4)cn3)c12. The quantitative estimate of drug-likeness (QED) is 0.435. The van der Waals surface area contributed by atoms with Gasteiger partial charge in [-0.1, -0.05) is 30.3 Å². The summed E-state index contributed by atoms with van der Waals surface area (Å²) in [6.45, 7) is 1.60. The summed E-state index contributed by atoms with van der Waals surface area (Å²) < 4.78 is 6.90. The zero-order chi connectivity index (χ0) is 18.8. The Balaban J connectivity index is 1.46. The number of carbonyl (C=O) groups is 2. The molecule has 6 heteroatoms. The van der Waals surface area contributed by atoms with Crippen LogP contribution in [0.5, 0.6) is 0 Å². The molecular formula is C21H17N3O3. The van der Waals surface area contributed by atoms with Crippen LogP contribution in [0, 0.1) is 6.92 Å². The van der Waals surface area contributed by atoms with E-state index in [2.05, 4.69) is 9.97 Å². The molecule has 0 amide bonds. The number of Topliss-reactive ketones (excluding diaryl/α,β-unsaturated/α-hetero) is 1. The fraction of sp³-hybridized carbons (Fsp3) is 0.0952. The molecule has 2 aromatic heterocycles. The van der Waals surface area contributed by atoms with E-state index >= 15 is 0 Å². The number of hydrogen-bond acceptors (Lipinski definition) is 4. The smallest absolute Gasteiger partial charge is 0.358 e. The van der Waals surface area contributed by atoms with Crippen LogP contribution in [-0.2, 0) is 4.74 Å². The maximum atomic E-state index is 12.5. The van der Waals surface area contributed by atoms with Crippen LogP contribution in [0.2, 0.25) is 0 Å². The first-order chi connectivity index (χ1) is 13.1. The molecule has 2 aromatic carbocycles. The molecule has 0 saturated heterocycles. The Kier molecular flexibility index (Phi) is 4.30. The van der Waals surface area contributed by atoms with Gasteiger partial charge in [-0.15, -0.1) is 0 Å². The fourth-order valence-electron chi connectivity index (χ4n) is 3.04. The van der Waals surface area contributed by atoms with Gasteiger partial charge in [0.1, 0.15) is 6.33 Å². The monoisotopic (exact) mass is 359 g/mol. The third-order valence-corrected chi connectivity index (χ3v) is 4.39. The van der Waals surface area contributed by atoms with Gasteiger partial charge in [0, 0.05) is 34.5 Å². The maximum absolute atomic E-state index is 12.5. The summed E-state index contributed by atoms with van der Waals surface area (Å²) in [4.78, 5) is 31.9. The number of hydrogen-bond donors (Lipinski definition) is 1. The molecule has 4 rings (SSSR count). The summed E-state index contributed by atoms with van der Waals surface area (Å²) in [7, 11) is 0. The number of H-pyrrole nitrogens is 1. The van der Waals surface area contributed by atoms with E-state index < -0.39 is 5.97 Å². The van der Waals surface area contributed by atoms with E-state index in [1.807, 2.05) is 55.5 Å². The van der Waals surface area contributed by atoms with Crippen LogP contribution in [0.4, 0.5) is 0 Å². The van der Waals surface area contributed by atoms with Gasteiger partial charge in [0.2, 0.25) is 5.78 Å². The molecule has 134 valence electrons. The Hall–Kier alpha value is -3.67. The fourth-order valence-corrected chi connectivity index (χ4v) is 3.04. The van der Waals surface area contributed by atoms with E-state index in [0.29, 0.717) is 5.56 Å². The highest BCUT2D eigenvalue weighted by atomic mass is 16.5. The Morgan fingerprint density at radius 3 is 2.74 bits per heavy atom. The number of nitrogens with zero attached hydrogens (tertiary/aromatic N) is 2. The molecule has 0 unspecified atom stereocenters. The molecule has 4 aromatic rings. The lowest BCUT2D eigenvalue weighted by molar-refractivity contribution is 0.0470. The number of para-hydroxylation sites is 1. The van der Waals surface area contributed by atoms with Gasteiger partial charge >= 0.3 is 5.97 Å². The lowest BCUT2D eigenvalue weighted by Crippen LogP contribution is -2.14. The zero-order valence-corrected chi connectivity index (χ0v) is 14.7. The molecule has 0 fully saturated rings. The first kappa shape index (κ1) is 16.8. The number of benzene rings is 2. The number of rotatable bonds is 5. The van der Waals surface area contributed by atoms with Crippen LogP contribution in [0.15, 0.2) is 67.3 Å². The maximum Gasteiger partial charge on any atom is 0.358 e. The molecule has 6 nitrogen and oxygen atoms in total. The number of carbonyl (C=O) groups excluding carboxylic acids is 2. The van der Waals surface area contributed by atoms with Crippen molar-refractivity contribution in [3.63, 3.8) is 0 Å². The zero-order valence-electron chi connectivity index (χ0n) is 14.7. The highest BCUT2D eigenvalue weighted by Crippen LogP contribution is 2.22. The van der Waals surface area contributed by atoms with Crippen molar-refractivity contribution in [3.8, 4) is 5.69 Å². The topological polar surface area (TPSA) is 77.0 Å². The number of imidazole rings is 1. The summed E-state index contributed by atoms with van der Waals surface area (Å²) in [5.41, 5.74) is 3.43. The van der Waals surface area contributed by atoms with Crippen molar-refractivity contribution in [2.45, 2.75) is 6.92 Å². The molecule has 0 aliphatic rings. The van der Waals surface area contributed by atoms with Crippen molar-refractivity contribution >= 4 is 22.7 Å². The lowest BCUT2D eigenvalue weighted by Gasteiger charge is -2.03. The van der Waals surface area contributed by atoms with Gasteiger partial charge in [0.25, 0.3) is 0 Å². The molecule has 0 aliphatic heterocycles. The van der Waals surface area contributed by atoms with E-state index in [9.17, 15) is 9.59 Å². The number of fused-ring (bicyclic) bond motifs is 1. The van der Waals surface area contributed by atoms with Gasteiger partial charge in [-0.3, -0.25) is 4.79 Å². The van der Waals surface area contributed by atoms with Crippen LogP contribution >= 0.6 is 0 Å². The van der Waals surface area contributed by atoms with Gasteiger partial charge in [-0.05, 0) is 30.7 Å². The van der Waals surface area contributed by atoms with Crippen molar-refractivity contribution in [3.05, 3.63) is 84.1 Å². The molecule has 0 saturated carbocycles. The van der Waals surface area contributed by atoms with Crippen molar-refractivity contribution in [2.75, 3.05) is 6.61 Å². The Labute approximate surface area is 155 Å². The summed E-state index contributed by atoms with van der Waals surface area (Å²) in [5.74, 6) is -0.888. The minimum atomic E-state index is -0.630. The van der Waals surface area contributed by atoms with E-state index in [1.54, 1.807) is 17.0 Å². The second-order valence-electron chi connectivity index (χ2n) is 6.20. The standard InChI is InChI=1S/C21H17N3O3/c1-14-6-5-9-17-20(14)16(10-22-17)19(25)12-27-21(26)18-11-24(13-23-18)15-7-3-2-4-8-15/h2-11,13,22H,12H2,1H3. The summed E-state index contributed by atoms with van der Waals surface area (Å²) in [6, 6.07) is 15.3. The Morgan fingerprint density at radius 2 is 1.93 bits per heavy atom. The number of ketones is 1. The van der Waals surface area contributed by atoms with Crippen LogP contribution < -0.4 is 0 Å². The average molecular weight is 359 g/mol. The average Bonchev–Trinajstić information content (AvgIpc) is 3.35. The molecule has 27 heavy (non-hydrogen) atoms. The van der Waals surface area contributed by atoms with Crippen LogP contribution in [-0.4, -0.2) is 32.9 Å². The number of aryl methyl sites for hydroxylation is 1. The third kappa shape index (κ3) is 3.25. The molecule has 2 heterocycles. The lowest BCUT2D eigenvalue weighted by atomic mass is 10.1. The highest BCUT2D eigenvalue weighted by Gasteiger charge is 2.17. The Morgan fingerprint density at radius 1 is 1.11 bits per heavy atom. The van der Waals surface area contributed by atoms with Crippen molar-refractivity contribution < 1.29 is 14.3 Å². The predicted molar refractivity (Wildman–Crippen MR) is 101 cm³/mol. The number of nitrogens with one attached hydrogen (secondary N) is 1. The number of aromatic nitrogens is 3. The molecule has 0 bridgehead atoms. The Bertz CT molecular complexity index is 1130. The molecule has 0 radical (unpaired) electrons. The molecule has 0 aliphatic carbocycles. The molecule has 1 N–H and O–H groups in total. The first-order valence-corrected chi connectivity index (χ1v) is 8.50. The number of aromatic amines is 1. The van der Waals surface area contributed by atoms with E-state index in [4.69, 9.17) is 4.74 Å². The summed E-state index contributed by atoms with van der Waals surface area (Å²) >= 11 is 0. The van der Waals surface area contributed by atoms with Gasteiger partial charge in [0.15, 0.2) is 12.3 Å². The second kappa shape index (κ2) is 6.92. The highest BCUT2D eigenvalue weighted by molar-refractivity contribution is 6.10. The number of esters is 1. The van der Waals surface area contributed by atoms with Crippen molar-refractivity contribution in [2.24, 2.45) is 0 Å². The van der Waals surface area contributed by atoms with E-state index in [0.717, 1.165) is 22.2 Å². The molecule has 0 atom stereocenters. The van der Waals surface area contributed by atoms with Crippen LogP contribution in [0.25, 0.3) is 16.6 Å². The third-order valence-electron chi connectivity index (χ3n) is 4.39. The summed E-state index contributed by atoms with van der Waals surface area (Å²) in [6.07, 6.45) is 4.77. The van der Waals surface area contributed by atoms with Gasteiger partial charge in [-0.2, -0.15) is 0 Å². The summed E-state index contributed by atoms with van der Waals surface area (Å²) in [5, 5.41) is 0.854. The van der Waals surface area contributed by atoms with Gasteiger partial charge in [-0.25, -0.2) is 9.78 Å². The van der Waals surface area contributed by atoms with Crippen molar-refractivity contribution in [1.82, 2.24) is 14.5 Å². The number of ether oxygens (including phenoxy) is 1. The minimum Gasteiger partial charge on any atom is -0.453 e. The molecule has 0 spiro atoms. The van der Waals surface area contributed by atoms with Crippen molar-refractivity contribution in [1.29, 1.82) is 0 Å². The first-order valence-electron chi connectivity index (χ1n) is 8.50. The molecular weight excluding hydrogens is 342 g/mol. The minimum absolute atomic E-state index is 0.154. The van der Waals surface area contributed by atoms with Gasteiger partial charge in [0.05, 0.1) is 0 Å². The van der Waals surface area contributed by atoms with E-state index in [-0.39, 0.29) is 18.1 Å². The van der Waals surface area contributed by atoms with E-state index in [1.165, 1.54) is 6.33 Å². The van der Waals surface area contributed by atoms with Gasteiger partial charge < -0.3 is 14.3 Å². The largest absolute Gasteiger partial charge is 0.453 e. The second-order valence-corrected chi connectivity index (χ2v) is 6.20. The van der Waals surface area contributed by atoms with Crippen LogP contribution in [0.3, 0.4) is 0 Å².